The molecule has 6 amide bonds. The van der Waals surface area contributed by atoms with E-state index in [1.165, 1.54) is 5.06 Å². The second-order valence-corrected chi connectivity index (χ2v) is 16.7. The van der Waals surface area contributed by atoms with Crippen LogP contribution in [0.5, 0.6) is 0 Å². The Labute approximate surface area is 432 Å². The number of aliphatic imine (C=N–C) groups is 1. The first-order valence-corrected chi connectivity index (χ1v) is 25.3. The third-order valence-electron chi connectivity index (χ3n) is 10.8. The van der Waals surface area contributed by atoms with Gasteiger partial charge in [-0.05, 0) is 19.4 Å². The molecule has 4 rings (SSSR count). The SMILES string of the molecule is CCCN(OCC)C(=O)C1=Cc2[nH+]cc(C(=O)N3CC(CNC(=O)CCOCCOCCOCCOCCOCCOCCOCCOCCOCCOCCNC(=O)CN4C(=O)C=CC4=O)C3)cc2N=C(N)C1. The lowest BCUT2D eigenvalue weighted by atomic mass is 9.99. The number of amides is 6. The number of aromatic amines is 1. The lowest BCUT2D eigenvalue weighted by molar-refractivity contribution is -0.380. The Bertz CT molecular complexity index is 1940. The Morgan fingerprint density at radius 1 is 0.689 bits per heavy atom. The molecule has 5 N–H and O–H groups in total. The average molecular weight is 1050 g/mol. The minimum absolute atomic E-state index is 0.123. The maximum absolute atomic E-state index is 13.2. The molecule has 3 aliphatic rings. The predicted octanol–water partition coefficient (Wildman–Crippen LogP) is -0.748. The van der Waals surface area contributed by atoms with E-state index in [4.69, 9.17) is 57.9 Å². The number of hydrogen-bond acceptors (Lipinski definition) is 19. The van der Waals surface area contributed by atoms with E-state index >= 15 is 0 Å². The summed E-state index contributed by atoms with van der Waals surface area (Å²) in [6.07, 6.45) is 6.67. The van der Waals surface area contributed by atoms with E-state index < -0.39 is 17.7 Å². The third kappa shape index (κ3) is 24.8. The summed E-state index contributed by atoms with van der Waals surface area (Å²) in [5.41, 5.74) is 8.07. The van der Waals surface area contributed by atoms with Crippen molar-refractivity contribution in [2.45, 2.75) is 33.1 Å². The summed E-state index contributed by atoms with van der Waals surface area (Å²) < 4.78 is 54.8. The summed E-state index contributed by atoms with van der Waals surface area (Å²) in [5.74, 6) is -1.61. The highest BCUT2D eigenvalue weighted by Gasteiger charge is 2.33. The molecule has 0 saturated carbocycles. The first kappa shape index (κ1) is 61.2. The van der Waals surface area contributed by atoms with Crippen LogP contribution < -0.4 is 21.4 Å². The van der Waals surface area contributed by atoms with Crippen molar-refractivity contribution in [3.8, 4) is 0 Å². The molecular weight excluding hydrogens is 973 g/mol. The molecule has 0 unspecified atom stereocenters. The number of rotatable bonds is 43. The van der Waals surface area contributed by atoms with Crippen LogP contribution in [0, 0.1) is 5.92 Å². The molecule has 1 saturated heterocycles. The van der Waals surface area contributed by atoms with Gasteiger partial charge in [-0.1, -0.05) is 6.92 Å². The fourth-order valence-electron chi connectivity index (χ4n) is 7.01. The molecule has 0 radical (unpaired) electrons. The summed E-state index contributed by atoms with van der Waals surface area (Å²) in [6.45, 7) is 14.0. The number of H-pyrrole nitrogens is 1. The number of imide groups is 1. The second kappa shape index (κ2) is 37.4. The molecule has 1 fully saturated rings. The third-order valence-corrected chi connectivity index (χ3v) is 10.8. The number of nitrogens with zero attached hydrogens (tertiary/aromatic N) is 4. The van der Waals surface area contributed by atoms with Crippen LogP contribution in [-0.4, -0.2) is 234 Å². The van der Waals surface area contributed by atoms with E-state index in [2.05, 4.69) is 20.6 Å². The van der Waals surface area contributed by atoms with E-state index in [-0.39, 0.29) is 68.6 Å². The van der Waals surface area contributed by atoms with Gasteiger partial charge in [0.15, 0.2) is 6.20 Å². The quantitative estimate of drug-likeness (QED) is 0.0412. The van der Waals surface area contributed by atoms with Gasteiger partial charge < -0.3 is 68.6 Å². The summed E-state index contributed by atoms with van der Waals surface area (Å²) in [5, 5.41) is 6.85. The topological polar surface area (TPSA) is 290 Å². The lowest BCUT2D eigenvalue weighted by Crippen LogP contribution is -2.53. The number of nitrogens with two attached hydrogens (primary N) is 1. The maximum atomic E-state index is 13.2. The van der Waals surface area contributed by atoms with Gasteiger partial charge in [0, 0.05) is 75.3 Å². The van der Waals surface area contributed by atoms with Crippen LogP contribution in [0.1, 0.15) is 49.2 Å². The van der Waals surface area contributed by atoms with E-state index in [1.54, 1.807) is 23.2 Å². The molecule has 4 heterocycles. The number of hydroxylamine groups is 2. The highest BCUT2D eigenvalue weighted by molar-refractivity contribution is 6.14. The Morgan fingerprint density at radius 3 is 1.66 bits per heavy atom. The van der Waals surface area contributed by atoms with Crippen LogP contribution in [0.2, 0.25) is 0 Å². The van der Waals surface area contributed by atoms with Gasteiger partial charge in [0.05, 0.1) is 139 Å². The van der Waals surface area contributed by atoms with Crippen molar-refractivity contribution in [1.29, 1.82) is 0 Å². The minimum Gasteiger partial charge on any atom is -0.387 e. The zero-order chi connectivity index (χ0) is 53.0. The Kier molecular flexibility index (Phi) is 31.0. The van der Waals surface area contributed by atoms with Gasteiger partial charge in [-0.2, -0.15) is 0 Å². The molecule has 3 aliphatic heterocycles. The highest BCUT2D eigenvalue weighted by Crippen LogP contribution is 2.27. The van der Waals surface area contributed by atoms with Crippen LogP contribution >= 0.6 is 0 Å². The van der Waals surface area contributed by atoms with Crippen LogP contribution in [0.3, 0.4) is 0 Å². The molecule has 0 aliphatic carbocycles. The summed E-state index contributed by atoms with van der Waals surface area (Å²) in [7, 11) is 0. The number of hydrogen-bond donors (Lipinski definition) is 3. The first-order chi connectivity index (χ1) is 36.1. The zero-order valence-electron chi connectivity index (χ0n) is 43.0. The smallest absolute Gasteiger partial charge is 0.274 e. The molecule has 0 aromatic carbocycles. The monoisotopic (exact) mass is 1050 g/mol. The lowest BCUT2D eigenvalue weighted by Gasteiger charge is -2.39. The molecule has 25 heteroatoms. The van der Waals surface area contributed by atoms with Gasteiger partial charge in [0.25, 0.3) is 23.6 Å². The van der Waals surface area contributed by atoms with Gasteiger partial charge >= 0.3 is 0 Å². The summed E-state index contributed by atoms with van der Waals surface area (Å²) >= 11 is 0. The number of carbonyl (C=O) groups excluding carboxylic acids is 6. The molecule has 1 aromatic rings. The van der Waals surface area contributed by atoms with Gasteiger partial charge in [-0.3, -0.25) is 38.5 Å². The van der Waals surface area contributed by atoms with Crippen molar-refractivity contribution in [2.24, 2.45) is 16.6 Å². The van der Waals surface area contributed by atoms with E-state index in [0.29, 0.717) is 174 Å². The van der Waals surface area contributed by atoms with Crippen LogP contribution in [0.25, 0.3) is 6.08 Å². The van der Waals surface area contributed by atoms with Crippen molar-refractivity contribution in [3.63, 3.8) is 0 Å². The molecule has 414 valence electrons. The number of amidine groups is 1. The maximum Gasteiger partial charge on any atom is 0.274 e. The largest absolute Gasteiger partial charge is 0.387 e. The summed E-state index contributed by atoms with van der Waals surface area (Å²) in [6, 6.07) is 1.67. The predicted molar refractivity (Wildman–Crippen MR) is 265 cm³/mol. The molecule has 1 aromatic heterocycles. The van der Waals surface area contributed by atoms with Gasteiger partial charge in [0.2, 0.25) is 17.5 Å². The van der Waals surface area contributed by atoms with E-state index in [9.17, 15) is 28.8 Å². The number of carbonyl (C=O) groups is 6. The van der Waals surface area contributed by atoms with Crippen molar-refractivity contribution in [2.75, 3.05) is 178 Å². The van der Waals surface area contributed by atoms with Crippen molar-refractivity contribution < 1.29 is 86.0 Å². The first-order valence-electron chi connectivity index (χ1n) is 25.3. The standard InChI is InChI=1S/C49H76N8O17/c1-3-9-57(74-4-2)49(63)39-30-41-42(54-43(50)32-39)31-40(34-52-41)48(62)55-35-38(36-55)33-53-44(58)7-10-64-12-14-66-16-18-68-20-22-70-24-26-72-28-29-73-27-25-71-23-21-69-19-17-67-15-13-65-11-8-51-45(59)37-56-46(60)5-6-47(56)61/h5-6,30-31,34,38H,3-4,7-29,32-33,35-37H2,1-2H3,(H2,50,54)(H,51,59)(H,53,58)/p+1. The number of likely N-dealkylation sites (tertiary alicyclic amines) is 1. The molecule has 25 nitrogen and oxygen atoms in total. The van der Waals surface area contributed by atoms with E-state index in [0.717, 1.165) is 23.5 Å². The Balaban J connectivity index is 0.827. The van der Waals surface area contributed by atoms with Crippen LogP contribution in [0.15, 0.2) is 35.0 Å². The molecule has 0 bridgehead atoms. The van der Waals surface area contributed by atoms with Gasteiger partial charge in [-0.15, -0.1) is 0 Å². The van der Waals surface area contributed by atoms with Gasteiger partial charge in [0.1, 0.15) is 23.6 Å². The average Bonchev–Trinajstić information content (AvgIpc) is 3.57. The zero-order valence-corrected chi connectivity index (χ0v) is 43.0. The van der Waals surface area contributed by atoms with Crippen molar-refractivity contribution in [1.82, 2.24) is 25.5 Å². The summed E-state index contributed by atoms with van der Waals surface area (Å²) in [4.78, 5) is 89.2. The fraction of sp³-hybridized carbons (Fsp3) is 0.673. The molecule has 0 atom stereocenters. The fourth-order valence-corrected chi connectivity index (χ4v) is 7.01. The molecule has 0 spiro atoms. The molecule has 74 heavy (non-hydrogen) atoms. The highest BCUT2D eigenvalue weighted by atomic mass is 16.7. The van der Waals surface area contributed by atoms with Crippen molar-refractivity contribution >= 4 is 53.0 Å². The van der Waals surface area contributed by atoms with Crippen LogP contribution in [0.4, 0.5) is 5.69 Å². The Morgan fingerprint density at radius 2 is 1.18 bits per heavy atom. The number of nitrogens with one attached hydrogen (secondary N) is 3. The number of pyridine rings is 1. The van der Waals surface area contributed by atoms with Gasteiger partial charge in [-0.25, -0.2) is 15.0 Å². The van der Waals surface area contributed by atoms with Crippen molar-refractivity contribution in [3.05, 3.63) is 41.2 Å². The van der Waals surface area contributed by atoms with E-state index in [1.807, 2.05) is 13.8 Å². The number of ether oxygens (including phenoxy) is 10. The Hall–Kier alpha value is -5.32. The second-order valence-electron chi connectivity index (χ2n) is 16.7. The van der Waals surface area contributed by atoms with Crippen LogP contribution in [-0.2, 0) is 76.2 Å². The number of aromatic nitrogens is 1. The minimum atomic E-state index is -0.500. The number of fused-ring (bicyclic) bond motifs is 1. The normalized spacial score (nSPS) is 14.4. The molecular formula is C49H77N8O17+.